The summed E-state index contributed by atoms with van der Waals surface area (Å²) in [5, 5.41) is 0. The Morgan fingerprint density at radius 2 is 2.11 bits per heavy atom. The summed E-state index contributed by atoms with van der Waals surface area (Å²) in [5.41, 5.74) is 1.70. The van der Waals surface area contributed by atoms with Crippen LogP contribution in [0.5, 0.6) is 0 Å². The highest BCUT2D eigenvalue weighted by Gasteiger charge is 2.32. The van der Waals surface area contributed by atoms with Gasteiger partial charge in [-0.25, -0.2) is 9.97 Å². The van der Waals surface area contributed by atoms with Crippen molar-refractivity contribution < 1.29 is 4.79 Å². The molecule has 19 heavy (non-hydrogen) atoms. The number of nitrogens with zero attached hydrogens (tertiary/aromatic N) is 2. The van der Waals surface area contributed by atoms with E-state index in [2.05, 4.69) is 37.7 Å². The van der Waals surface area contributed by atoms with Gasteiger partial charge in [-0.1, -0.05) is 27.7 Å². The third kappa shape index (κ3) is 3.78. The zero-order valence-electron chi connectivity index (χ0n) is 12.2. The number of fused-ring (bicyclic) bond motifs is 1. The summed E-state index contributed by atoms with van der Waals surface area (Å²) in [6.45, 7) is 8.68. The molecule has 0 saturated carbocycles. The maximum atomic E-state index is 12.0. The van der Waals surface area contributed by atoms with Crippen LogP contribution in [0.15, 0.2) is 6.20 Å². The molecule has 104 valence electrons. The van der Waals surface area contributed by atoms with E-state index in [4.69, 9.17) is 0 Å². The van der Waals surface area contributed by atoms with Gasteiger partial charge in [0.05, 0.1) is 17.0 Å². The van der Waals surface area contributed by atoms with Crippen LogP contribution in [0, 0.1) is 11.3 Å². The number of aromatic nitrogens is 2. The van der Waals surface area contributed by atoms with E-state index in [1.165, 1.54) is 0 Å². The van der Waals surface area contributed by atoms with Crippen LogP contribution in [0.2, 0.25) is 0 Å². The number of thioether (sulfide) groups is 1. The summed E-state index contributed by atoms with van der Waals surface area (Å²) in [6.07, 6.45) is 3.20. The Morgan fingerprint density at radius 3 is 2.79 bits per heavy atom. The Hall–Kier alpha value is -0.900. The van der Waals surface area contributed by atoms with Gasteiger partial charge in [0.2, 0.25) is 0 Å². The van der Waals surface area contributed by atoms with Crippen molar-refractivity contribution in [1.82, 2.24) is 9.97 Å². The van der Waals surface area contributed by atoms with Crippen molar-refractivity contribution in [3.63, 3.8) is 0 Å². The fraction of sp³-hybridized carbons (Fsp3) is 0.667. The summed E-state index contributed by atoms with van der Waals surface area (Å²) >= 11 is 1.86. The lowest BCUT2D eigenvalue weighted by Gasteiger charge is -2.29. The number of Topliss-reactive ketones (excluding diaryl/α,β-unsaturated/α-hetero) is 1. The molecule has 1 aromatic rings. The van der Waals surface area contributed by atoms with Gasteiger partial charge in [0.25, 0.3) is 0 Å². The van der Waals surface area contributed by atoms with Crippen LogP contribution in [0.4, 0.5) is 0 Å². The quantitative estimate of drug-likeness (QED) is 0.845. The highest BCUT2D eigenvalue weighted by molar-refractivity contribution is 7.98. The molecule has 0 amide bonds. The van der Waals surface area contributed by atoms with Gasteiger partial charge >= 0.3 is 0 Å². The van der Waals surface area contributed by atoms with E-state index in [0.29, 0.717) is 12.3 Å². The second kappa shape index (κ2) is 5.61. The van der Waals surface area contributed by atoms with Crippen molar-refractivity contribution >= 4 is 17.5 Å². The number of carbonyl (C=O) groups excluding carboxylic acids is 1. The van der Waals surface area contributed by atoms with Crippen molar-refractivity contribution in [2.75, 3.05) is 5.75 Å². The summed E-state index contributed by atoms with van der Waals surface area (Å²) < 4.78 is 0. The van der Waals surface area contributed by atoms with Gasteiger partial charge in [-0.15, -0.1) is 0 Å². The molecule has 1 aliphatic rings. The van der Waals surface area contributed by atoms with Crippen molar-refractivity contribution in [3.05, 3.63) is 23.3 Å². The highest BCUT2D eigenvalue weighted by atomic mass is 32.2. The maximum Gasteiger partial charge on any atom is 0.166 e. The molecular formula is C15H22N2OS. The Morgan fingerprint density at radius 1 is 1.37 bits per heavy atom. The zero-order valence-corrected chi connectivity index (χ0v) is 13.0. The number of hydrogen-bond donors (Lipinski definition) is 0. The zero-order chi connectivity index (χ0) is 14.0. The van der Waals surface area contributed by atoms with Gasteiger partial charge in [-0.05, 0) is 23.5 Å². The van der Waals surface area contributed by atoms with E-state index >= 15 is 0 Å². The minimum absolute atomic E-state index is 0.0286. The monoisotopic (exact) mass is 278 g/mol. The summed E-state index contributed by atoms with van der Waals surface area (Å²) in [6, 6.07) is 0. The van der Waals surface area contributed by atoms with E-state index < -0.39 is 0 Å². The van der Waals surface area contributed by atoms with Gasteiger partial charge in [-0.3, -0.25) is 4.79 Å². The van der Waals surface area contributed by atoms with Crippen molar-refractivity contribution in [1.29, 1.82) is 0 Å². The highest BCUT2D eigenvalue weighted by Crippen LogP contribution is 2.33. The predicted octanol–water partition coefficient (Wildman–Crippen LogP) is 3.52. The van der Waals surface area contributed by atoms with Gasteiger partial charge in [0.1, 0.15) is 5.82 Å². The van der Waals surface area contributed by atoms with Crippen LogP contribution >= 0.6 is 11.8 Å². The van der Waals surface area contributed by atoms with Crippen LogP contribution in [-0.2, 0) is 12.2 Å². The van der Waals surface area contributed by atoms with E-state index in [0.717, 1.165) is 35.0 Å². The molecular weight excluding hydrogens is 256 g/mol. The molecule has 1 aliphatic carbocycles. The molecule has 0 atom stereocenters. The first-order chi connectivity index (χ1) is 8.87. The number of rotatable bonds is 4. The molecule has 0 unspecified atom stereocenters. The number of ketones is 1. The van der Waals surface area contributed by atoms with Gasteiger partial charge < -0.3 is 0 Å². The normalized spacial score (nSPS) is 17.6. The van der Waals surface area contributed by atoms with Gasteiger partial charge in [0, 0.05) is 12.6 Å². The van der Waals surface area contributed by atoms with Gasteiger partial charge in [-0.2, -0.15) is 11.8 Å². The van der Waals surface area contributed by atoms with Crippen LogP contribution in [0.3, 0.4) is 0 Å². The third-order valence-electron chi connectivity index (χ3n) is 3.19. The Bertz CT molecular complexity index is 483. The molecule has 2 rings (SSSR count). The largest absolute Gasteiger partial charge is 0.294 e. The van der Waals surface area contributed by atoms with E-state index in [-0.39, 0.29) is 11.2 Å². The van der Waals surface area contributed by atoms with E-state index in [1.54, 1.807) is 6.20 Å². The predicted molar refractivity (Wildman–Crippen MR) is 79.5 cm³/mol. The van der Waals surface area contributed by atoms with Gasteiger partial charge in [0.15, 0.2) is 5.78 Å². The summed E-state index contributed by atoms with van der Waals surface area (Å²) in [7, 11) is 0. The Labute approximate surface area is 119 Å². The average molecular weight is 278 g/mol. The fourth-order valence-electron chi connectivity index (χ4n) is 2.33. The van der Waals surface area contributed by atoms with Crippen LogP contribution in [0.25, 0.3) is 0 Å². The maximum absolute atomic E-state index is 12.0. The standard InChI is InChI=1S/C15H22N2OS/c1-10(2)8-19-9-14-16-7-11-12(17-14)5-15(3,4)6-13(11)18/h7,10H,5-6,8-9H2,1-4H3. The first-order valence-corrected chi connectivity index (χ1v) is 7.98. The molecule has 0 fully saturated rings. The second-order valence-electron chi connectivity index (χ2n) is 6.50. The molecule has 0 spiro atoms. The third-order valence-corrected chi connectivity index (χ3v) is 4.55. The molecule has 3 nitrogen and oxygen atoms in total. The minimum atomic E-state index is 0.0286. The molecule has 0 aliphatic heterocycles. The first kappa shape index (κ1) is 14.5. The van der Waals surface area contributed by atoms with E-state index in [1.807, 2.05) is 11.8 Å². The van der Waals surface area contributed by atoms with Crippen molar-refractivity contribution in [2.24, 2.45) is 11.3 Å². The van der Waals surface area contributed by atoms with Crippen molar-refractivity contribution in [2.45, 2.75) is 46.3 Å². The van der Waals surface area contributed by atoms with Crippen molar-refractivity contribution in [3.8, 4) is 0 Å². The van der Waals surface area contributed by atoms with Crippen LogP contribution in [-0.4, -0.2) is 21.5 Å². The molecule has 0 radical (unpaired) electrons. The smallest absolute Gasteiger partial charge is 0.166 e. The van der Waals surface area contributed by atoms with Crippen LogP contribution in [0.1, 0.15) is 56.0 Å². The molecule has 1 heterocycles. The summed E-state index contributed by atoms with van der Waals surface area (Å²) in [5.74, 6) is 3.68. The lowest BCUT2D eigenvalue weighted by atomic mass is 9.76. The number of carbonyl (C=O) groups is 1. The fourth-order valence-corrected chi connectivity index (χ4v) is 3.24. The molecule has 0 saturated heterocycles. The lowest BCUT2D eigenvalue weighted by Crippen LogP contribution is -2.28. The number of hydrogen-bond acceptors (Lipinski definition) is 4. The molecule has 0 aromatic carbocycles. The lowest BCUT2D eigenvalue weighted by molar-refractivity contribution is 0.0909. The Kier molecular flexibility index (Phi) is 4.29. The van der Waals surface area contributed by atoms with E-state index in [9.17, 15) is 4.79 Å². The SMILES string of the molecule is CC(C)CSCc1ncc2c(n1)CC(C)(C)CC2=O. The van der Waals surface area contributed by atoms with Crippen LogP contribution < -0.4 is 0 Å². The summed E-state index contributed by atoms with van der Waals surface area (Å²) in [4.78, 5) is 21.0. The molecule has 0 N–H and O–H groups in total. The molecule has 1 aromatic heterocycles. The minimum Gasteiger partial charge on any atom is -0.294 e. The first-order valence-electron chi connectivity index (χ1n) is 6.83. The Balaban J connectivity index is 2.12. The molecule has 0 bridgehead atoms. The topological polar surface area (TPSA) is 42.9 Å². The second-order valence-corrected chi connectivity index (χ2v) is 7.53. The average Bonchev–Trinajstić information content (AvgIpc) is 2.26. The molecule has 4 heteroatoms.